The second-order valence-corrected chi connectivity index (χ2v) is 9.85. The van der Waals surface area contributed by atoms with E-state index in [0.29, 0.717) is 11.3 Å². The van der Waals surface area contributed by atoms with Crippen LogP contribution in [0.3, 0.4) is 0 Å². The fourth-order valence-electron chi connectivity index (χ4n) is 3.01. The summed E-state index contributed by atoms with van der Waals surface area (Å²) in [4.78, 5) is 22.4. The minimum Gasteiger partial charge on any atom is -0.332 e. The molecule has 180 valence electrons. The molecule has 0 unspecified atom stereocenters. The van der Waals surface area contributed by atoms with Gasteiger partial charge in [0, 0.05) is 37.5 Å². The number of non-ortho nitro benzene ring substituents is 1. The third-order valence-corrected chi connectivity index (χ3v) is 6.86. The molecule has 0 saturated carbocycles. The number of hydrogen-bond donors (Lipinski definition) is 2. The van der Waals surface area contributed by atoms with Crippen LogP contribution in [0.15, 0.2) is 89.8 Å². The molecule has 11 heteroatoms. The third-order valence-electron chi connectivity index (χ3n) is 4.84. The summed E-state index contributed by atoms with van der Waals surface area (Å²) in [5, 5.41) is 16.0. The summed E-state index contributed by atoms with van der Waals surface area (Å²) >= 11 is 5.13. The van der Waals surface area contributed by atoms with Gasteiger partial charge in [0.25, 0.3) is 5.69 Å². The topological polar surface area (TPSA) is 122 Å². The monoisotopic (exact) mass is 510 g/mol. The van der Waals surface area contributed by atoms with Gasteiger partial charge in [0.1, 0.15) is 0 Å². The van der Waals surface area contributed by atoms with Crippen molar-refractivity contribution in [3.05, 3.63) is 106 Å². The molecule has 0 bridgehead atoms. The molecule has 0 heterocycles. The normalized spacial score (nSPS) is 11.4. The predicted molar refractivity (Wildman–Crippen MR) is 138 cm³/mol. The minimum atomic E-state index is -3.69. The Bertz CT molecular complexity index is 1340. The summed E-state index contributed by atoms with van der Waals surface area (Å²) < 4.78 is 26.9. The second-order valence-electron chi connectivity index (χ2n) is 7.40. The van der Waals surface area contributed by atoms with Crippen LogP contribution < -0.4 is 10.6 Å². The molecule has 0 aliphatic carbocycles. The van der Waals surface area contributed by atoms with E-state index >= 15 is 0 Å². The van der Waals surface area contributed by atoms with Crippen LogP contribution in [0.2, 0.25) is 0 Å². The van der Waals surface area contributed by atoms with Gasteiger partial charge in [0.2, 0.25) is 15.9 Å². The maximum absolute atomic E-state index is 12.8. The lowest BCUT2D eigenvalue weighted by atomic mass is 10.2. The number of nitro groups is 1. The average molecular weight is 511 g/mol. The fourth-order valence-corrected chi connectivity index (χ4v) is 4.39. The Morgan fingerprint density at radius 1 is 1.03 bits per heavy atom. The Hall–Kier alpha value is -3.93. The predicted octanol–water partition coefficient (Wildman–Crippen LogP) is 3.94. The third kappa shape index (κ3) is 7.27. The van der Waals surface area contributed by atoms with Gasteiger partial charge in [-0.25, -0.2) is 8.42 Å². The van der Waals surface area contributed by atoms with E-state index in [1.165, 1.54) is 59.9 Å². The van der Waals surface area contributed by atoms with E-state index in [2.05, 4.69) is 10.6 Å². The van der Waals surface area contributed by atoms with Crippen molar-refractivity contribution in [2.45, 2.75) is 11.4 Å². The van der Waals surface area contributed by atoms with Crippen molar-refractivity contribution in [1.82, 2.24) is 9.62 Å². The number of nitro benzene ring substituents is 1. The molecule has 3 rings (SSSR count). The van der Waals surface area contributed by atoms with Gasteiger partial charge >= 0.3 is 0 Å². The van der Waals surface area contributed by atoms with Crippen LogP contribution in [0.5, 0.6) is 0 Å². The van der Waals surface area contributed by atoms with Gasteiger partial charge in [-0.15, -0.1) is 0 Å². The summed E-state index contributed by atoms with van der Waals surface area (Å²) in [6.07, 6.45) is 2.74. The van der Waals surface area contributed by atoms with Gasteiger partial charge in [0.15, 0.2) is 5.11 Å². The largest absolute Gasteiger partial charge is 0.332 e. The Morgan fingerprint density at radius 3 is 2.26 bits per heavy atom. The number of anilines is 1. The molecule has 3 aromatic rings. The van der Waals surface area contributed by atoms with Gasteiger partial charge in [-0.3, -0.25) is 20.2 Å². The van der Waals surface area contributed by atoms with Gasteiger partial charge in [0.05, 0.1) is 9.82 Å². The lowest BCUT2D eigenvalue weighted by Crippen LogP contribution is -2.32. The molecule has 2 N–H and O–H groups in total. The number of thiocarbonyl (C=S) groups is 1. The summed E-state index contributed by atoms with van der Waals surface area (Å²) in [5.74, 6) is -0.498. The number of hydrogen-bond acceptors (Lipinski definition) is 6. The first-order valence-electron chi connectivity index (χ1n) is 10.3. The van der Waals surface area contributed by atoms with Crippen molar-refractivity contribution in [1.29, 1.82) is 0 Å². The van der Waals surface area contributed by atoms with Gasteiger partial charge in [-0.1, -0.05) is 30.3 Å². The molecule has 35 heavy (non-hydrogen) atoms. The van der Waals surface area contributed by atoms with Crippen LogP contribution in [0, 0.1) is 10.1 Å². The number of benzene rings is 3. The molecular weight excluding hydrogens is 488 g/mol. The van der Waals surface area contributed by atoms with E-state index in [1.54, 1.807) is 12.1 Å². The number of nitrogens with zero attached hydrogens (tertiary/aromatic N) is 2. The van der Waals surface area contributed by atoms with Crippen LogP contribution >= 0.6 is 12.2 Å². The smallest absolute Gasteiger partial charge is 0.269 e. The first-order chi connectivity index (χ1) is 16.6. The van der Waals surface area contributed by atoms with E-state index in [1.807, 2.05) is 30.3 Å². The van der Waals surface area contributed by atoms with Crippen molar-refractivity contribution in [3.8, 4) is 0 Å². The van der Waals surface area contributed by atoms with Crippen LogP contribution in [0.25, 0.3) is 6.08 Å². The van der Waals surface area contributed by atoms with E-state index in [0.717, 1.165) is 5.56 Å². The quantitative estimate of drug-likeness (QED) is 0.204. The van der Waals surface area contributed by atoms with E-state index < -0.39 is 20.9 Å². The Kier molecular flexibility index (Phi) is 8.42. The lowest BCUT2D eigenvalue weighted by Gasteiger charge is -2.17. The molecule has 0 aliphatic rings. The zero-order valence-corrected chi connectivity index (χ0v) is 20.3. The summed E-state index contributed by atoms with van der Waals surface area (Å²) in [5.41, 5.74) is 1.94. The van der Waals surface area contributed by atoms with Crippen LogP contribution in [0.1, 0.15) is 11.1 Å². The number of amides is 1. The number of rotatable bonds is 8. The number of sulfonamides is 1. The van der Waals surface area contributed by atoms with Crippen molar-refractivity contribution in [2.75, 3.05) is 12.4 Å². The molecule has 1 amide bonds. The zero-order chi connectivity index (χ0) is 25.4. The van der Waals surface area contributed by atoms with Crippen LogP contribution in [0.4, 0.5) is 11.4 Å². The maximum atomic E-state index is 12.8. The Labute approximate surface area is 208 Å². The van der Waals surface area contributed by atoms with Gasteiger partial charge < -0.3 is 5.32 Å². The van der Waals surface area contributed by atoms with Crippen LogP contribution in [-0.2, 0) is 21.4 Å². The average Bonchev–Trinajstić information content (AvgIpc) is 2.84. The molecule has 0 spiro atoms. The summed E-state index contributed by atoms with van der Waals surface area (Å²) in [7, 11) is -2.17. The van der Waals surface area contributed by atoms with Gasteiger partial charge in [-0.05, 0) is 65.8 Å². The molecule has 0 atom stereocenters. The zero-order valence-electron chi connectivity index (χ0n) is 18.6. The molecule has 0 aromatic heterocycles. The van der Waals surface area contributed by atoms with Crippen molar-refractivity contribution in [3.63, 3.8) is 0 Å². The summed E-state index contributed by atoms with van der Waals surface area (Å²) in [6.45, 7) is 0.243. The van der Waals surface area contributed by atoms with Gasteiger partial charge in [-0.2, -0.15) is 4.31 Å². The molecule has 9 nitrogen and oxygen atoms in total. The van der Waals surface area contributed by atoms with Crippen LogP contribution in [-0.4, -0.2) is 35.7 Å². The first kappa shape index (κ1) is 25.7. The van der Waals surface area contributed by atoms with Crippen molar-refractivity contribution >= 4 is 50.7 Å². The highest BCUT2D eigenvalue weighted by molar-refractivity contribution is 7.89. The second kappa shape index (κ2) is 11.5. The highest BCUT2D eigenvalue weighted by Gasteiger charge is 2.20. The standard InChI is InChI=1S/C24H22N4O5S2/c1-27(17-19-5-3-2-4-6-19)35(32,33)22-14-10-20(11-15-22)25-24(34)26-23(29)16-9-18-7-12-21(13-8-18)28(30)31/h2-16H,17H2,1H3,(H2,25,26,29,34)/b16-9+. The number of nitrogens with one attached hydrogen (secondary N) is 2. The maximum Gasteiger partial charge on any atom is 0.269 e. The van der Waals surface area contributed by atoms with E-state index in [4.69, 9.17) is 12.2 Å². The Balaban J connectivity index is 1.55. The summed E-state index contributed by atoms with van der Waals surface area (Å²) in [6, 6.07) is 21.0. The first-order valence-corrected chi connectivity index (χ1v) is 12.1. The Morgan fingerprint density at radius 2 is 1.66 bits per heavy atom. The molecule has 0 fully saturated rings. The molecule has 0 saturated heterocycles. The number of carbonyl (C=O) groups excluding carboxylic acids is 1. The molecular formula is C24H22N4O5S2. The lowest BCUT2D eigenvalue weighted by molar-refractivity contribution is -0.384. The SMILES string of the molecule is CN(Cc1ccccc1)S(=O)(=O)c1ccc(NC(=S)NC(=O)/C=C/c2ccc([N+](=O)[O-])cc2)cc1. The fraction of sp³-hybridized carbons (Fsp3) is 0.0833. The van der Waals surface area contributed by atoms with E-state index in [9.17, 15) is 23.3 Å². The highest BCUT2D eigenvalue weighted by atomic mass is 32.2. The molecule has 3 aromatic carbocycles. The van der Waals surface area contributed by atoms with Crippen molar-refractivity contribution < 1.29 is 18.1 Å². The molecule has 0 radical (unpaired) electrons. The number of carbonyl (C=O) groups is 1. The van der Waals surface area contributed by atoms with E-state index in [-0.39, 0.29) is 22.2 Å². The van der Waals surface area contributed by atoms with Crippen molar-refractivity contribution in [2.24, 2.45) is 0 Å². The highest BCUT2D eigenvalue weighted by Crippen LogP contribution is 2.19. The minimum absolute atomic E-state index is 0.0279. The molecule has 0 aliphatic heterocycles.